The van der Waals surface area contributed by atoms with E-state index in [9.17, 15) is 22.8 Å². The maximum absolute atomic E-state index is 13.5. The van der Waals surface area contributed by atoms with Crippen LogP contribution in [-0.4, -0.2) is 18.5 Å². The minimum atomic E-state index is -1.70. The first-order valence-corrected chi connectivity index (χ1v) is 8.67. The number of hydrogen-bond acceptors (Lipinski definition) is 4. The molecule has 0 spiro atoms. The quantitative estimate of drug-likeness (QED) is 0.467. The average molecular weight is 403 g/mol. The molecule has 0 fully saturated rings. The van der Waals surface area contributed by atoms with Crippen molar-refractivity contribution in [3.8, 4) is 11.3 Å². The zero-order valence-electron chi connectivity index (χ0n) is 15.1. The number of nitrogens with one attached hydrogen (secondary N) is 1. The summed E-state index contributed by atoms with van der Waals surface area (Å²) in [6.07, 6.45) is 0.236. The van der Waals surface area contributed by atoms with Crippen LogP contribution in [0.25, 0.3) is 11.3 Å². The van der Waals surface area contributed by atoms with E-state index in [4.69, 9.17) is 9.15 Å². The lowest BCUT2D eigenvalue weighted by Gasteiger charge is -2.08. The van der Waals surface area contributed by atoms with Crippen LogP contribution in [0.4, 0.5) is 18.9 Å². The zero-order valence-corrected chi connectivity index (χ0v) is 15.1. The molecule has 1 N–H and O–H groups in total. The second-order valence-electron chi connectivity index (χ2n) is 6.06. The van der Waals surface area contributed by atoms with Crippen molar-refractivity contribution in [2.75, 3.05) is 11.9 Å². The van der Waals surface area contributed by atoms with Crippen LogP contribution in [0.1, 0.15) is 12.2 Å². The number of benzene rings is 2. The van der Waals surface area contributed by atoms with Gasteiger partial charge in [-0.05, 0) is 24.3 Å². The lowest BCUT2D eigenvalue weighted by atomic mass is 10.2. The van der Waals surface area contributed by atoms with Crippen molar-refractivity contribution in [2.24, 2.45) is 0 Å². The van der Waals surface area contributed by atoms with Gasteiger partial charge >= 0.3 is 5.97 Å². The fourth-order valence-corrected chi connectivity index (χ4v) is 2.52. The first kappa shape index (κ1) is 20.2. The molecule has 0 radical (unpaired) electrons. The van der Waals surface area contributed by atoms with E-state index < -0.39 is 41.6 Å². The second kappa shape index (κ2) is 9.09. The molecule has 0 aliphatic rings. The molecule has 3 rings (SSSR count). The van der Waals surface area contributed by atoms with Crippen LogP contribution in [-0.2, 0) is 20.7 Å². The molecule has 2 aromatic carbocycles. The Labute approximate surface area is 164 Å². The standard InChI is InChI=1S/C21H16F3NO4/c22-15-8-9-16(21(24)20(15)23)25-18(26)12-28-19(27)11-7-14-6-10-17(29-14)13-4-2-1-3-5-13/h1-6,8-10H,7,11-12H2,(H,25,26). The van der Waals surface area contributed by atoms with Crippen molar-refractivity contribution in [3.63, 3.8) is 0 Å². The highest BCUT2D eigenvalue weighted by atomic mass is 19.2. The van der Waals surface area contributed by atoms with Gasteiger partial charge in [-0.25, -0.2) is 13.2 Å². The fraction of sp³-hybridized carbons (Fsp3) is 0.143. The lowest BCUT2D eigenvalue weighted by Crippen LogP contribution is -2.21. The molecule has 0 atom stereocenters. The average Bonchev–Trinajstić information content (AvgIpc) is 3.21. The largest absolute Gasteiger partial charge is 0.461 e. The maximum Gasteiger partial charge on any atom is 0.306 e. The van der Waals surface area contributed by atoms with Gasteiger partial charge in [0.1, 0.15) is 11.5 Å². The van der Waals surface area contributed by atoms with Crippen LogP contribution in [0.3, 0.4) is 0 Å². The molecule has 0 aliphatic heterocycles. The topological polar surface area (TPSA) is 68.5 Å². The van der Waals surface area contributed by atoms with Gasteiger partial charge < -0.3 is 14.5 Å². The zero-order chi connectivity index (χ0) is 20.8. The van der Waals surface area contributed by atoms with Crippen molar-refractivity contribution in [1.29, 1.82) is 0 Å². The summed E-state index contributed by atoms with van der Waals surface area (Å²) in [7, 11) is 0. The fourth-order valence-electron chi connectivity index (χ4n) is 2.52. The molecule has 1 heterocycles. The number of amides is 1. The first-order valence-electron chi connectivity index (χ1n) is 8.67. The molecule has 0 bridgehead atoms. The van der Waals surface area contributed by atoms with Gasteiger partial charge in [0, 0.05) is 12.0 Å². The number of carbonyl (C=O) groups excluding carboxylic acids is 2. The molecule has 5 nitrogen and oxygen atoms in total. The van der Waals surface area contributed by atoms with Gasteiger partial charge in [0.05, 0.1) is 12.1 Å². The first-order chi connectivity index (χ1) is 13.9. The minimum Gasteiger partial charge on any atom is -0.461 e. The summed E-state index contributed by atoms with van der Waals surface area (Å²) in [6, 6.07) is 14.5. The van der Waals surface area contributed by atoms with E-state index in [2.05, 4.69) is 0 Å². The number of halogens is 3. The van der Waals surface area contributed by atoms with Gasteiger partial charge in [-0.1, -0.05) is 30.3 Å². The number of ether oxygens (including phenoxy) is 1. The van der Waals surface area contributed by atoms with E-state index in [1.807, 2.05) is 35.6 Å². The molecule has 0 saturated carbocycles. The third kappa shape index (κ3) is 5.25. The van der Waals surface area contributed by atoms with Crippen LogP contribution in [0, 0.1) is 17.5 Å². The molecule has 0 unspecified atom stereocenters. The summed E-state index contributed by atoms with van der Waals surface area (Å²) in [6.45, 7) is -0.690. The van der Waals surface area contributed by atoms with Crippen molar-refractivity contribution >= 4 is 17.6 Å². The van der Waals surface area contributed by atoms with Crippen LogP contribution >= 0.6 is 0 Å². The van der Waals surface area contributed by atoms with Gasteiger partial charge in [-0.2, -0.15) is 0 Å². The monoisotopic (exact) mass is 403 g/mol. The molecule has 0 saturated heterocycles. The normalized spacial score (nSPS) is 10.6. The molecule has 29 heavy (non-hydrogen) atoms. The summed E-state index contributed by atoms with van der Waals surface area (Å²) >= 11 is 0. The van der Waals surface area contributed by atoms with Crippen LogP contribution < -0.4 is 5.32 Å². The molecule has 1 aromatic heterocycles. The Bertz CT molecular complexity index is 1020. The summed E-state index contributed by atoms with van der Waals surface area (Å²) in [5.74, 6) is -4.91. The van der Waals surface area contributed by atoms with E-state index in [1.165, 1.54) is 0 Å². The summed E-state index contributed by atoms with van der Waals surface area (Å²) < 4.78 is 50.0. The number of anilines is 1. The number of rotatable bonds is 7. The Kier molecular flexibility index (Phi) is 6.33. The third-order valence-electron chi connectivity index (χ3n) is 3.97. The molecule has 3 aromatic rings. The van der Waals surface area contributed by atoms with E-state index in [0.717, 1.165) is 11.6 Å². The van der Waals surface area contributed by atoms with Gasteiger partial charge in [0.25, 0.3) is 5.91 Å². The molecule has 1 amide bonds. The SMILES string of the molecule is O=C(COC(=O)CCc1ccc(-c2ccccc2)o1)Nc1ccc(F)c(F)c1F. The van der Waals surface area contributed by atoms with Crippen LogP contribution in [0.5, 0.6) is 0 Å². The lowest BCUT2D eigenvalue weighted by molar-refractivity contribution is -0.147. The summed E-state index contributed by atoms with van der Waals surface area (Å²) in [5.41, 5.74) is 0.358. The summed E-state index contributed by atoms with van der Waals surface area (Å²) in [4.78, 5) is 23.5. The highest BCUT2D eigenvalue weighted by Gasteiger charge is 2.16. The van der Waals surface area contributed by atoms with E-state index in [-0.39, 0.29) is 12.8 Å². The van der Waals surface area contributed by atoms with Gasteiger partial charge in [0.2, 0.25) is 0 Å². The third-order valence-corrected chi connectivity index (χ3v) is 3.97. The number of esters is 1. The Morgan fingerprint density at radius 2 is 1.69 bits per heavy atom. The van der Waals surface area contributed by atoms with E-state index in [0.29, 0.717) is 17.6 Å². The summed E-state index contributed by atoms with van der Waals surface area (Å²) in [5, 5.41) is 2.01. The van der Waals surface area contributed by atoms with Crippen molar-refractivity contribution in [3.05, 3.63) is 77.8 Å². The van der Waals surface area contributed by atoms with Crippen LogP contribution in [0.15, 0.2) is 59.0 Å². The van der Waals surface area contributed by atoms with Gasteiger partial charge in [0.15, 0.2) is 24.1 Å². The maximum atomic E-state index is 13.5. The van der Waals surface area contributed by atoms with Crippen molar-refractivity contribution < 1.29 is 31.9 Å². The molecular weight excluding hydrogens is 387 g/mol. The smallest absolute Gasteiger partial charge is 0.306 e. The number of carbonyl (C=O) groups is 2. The molecular formula is C21H16F3NO4. The Hall–Kier alpha value is -3.55. The molecule has 8 heteroatoms. The number of furan rings is 1. The van der Waals surface area contributed by atoms with Gasteiger partial charge in [-0.15, -0.1) is 0 Å². The Morgan fingerprint density at radius 1 is 0.931 bits per heavy atom. The molecule has 0 aliphatic carbocycles. The number of aryl methyl sites for hydroxylation is 1. The van der Waals surface area contributed by atoms with E-state index >= 15 is 0 Å². The molecule has 150 valence electrons. The highest BCUT2D eigenvalue weighted by Crippen LogP contribution is 2.22. The number of hydrogen-bond donors (Lipinski definition) is 1. The van der Waals surface area contributed by atoms with Crippen LogP contribution in [0.2, 0.25) is 0 Å². The predicted molar refractivity (Wildman–Crippen MR) is 98.4 cm³/mol. The highest BCUT2D eigenvalue weighted by molar-refractivity contribution is 5.92. The minimum absolute atomic E-state index is 0.0332. The van der Waals surface area contributed by atoms with Crippen molar-refractivity contribution in [1.82, 2.24) is 0 Å². The Morgan fingerprint density at radius 3 is 2.45 bits per heavy atom. The predicted octanol–water partition coefficient (Wildman–Crippen LogP) is 4.48. The van der Waals surface area contributed by atoms with Gasteiger partial charge in [-0.3, -0.25) is 9.59 Å². The Balaban J connectivity index is 1.45. The van der Waals surface area contributed by atoms with Crippen molar-refractivity contribution in [2.45, 2.75) is 12.8 Å². The second-order valence-corrected chi connectivity index (χ2v) is 6.06. The van der Waals surface area contributed by atoms with E-state index in [1.54, 1.807) is 12.1 Å².